The molecule has 0 saturated heterocycles. The van der Waals surface area contributed by atoms with Gasteiger partial charge < -0.3 is 10.3 Å². The standard InChI is InChI=1S/C12H19N5/c1-9-11(8-13)10(2)17(15-9)6-4-12-14-5-7-16(12)3/h5,7H,4,6,8,13H2,1-3H3. The van der Waals surface area contributed by atoms with E-state index >= 15 is 0 Å². The summed E-state index contributed by atoms with van der Waals surface area (Å²) in [5.74, 6) is 1.08. The van der Waals surface area contributed by atoms with Gasteiger partial charge in [0, 0.05) is 50.2 Å². The van der Waals surface area contributed by atoms with E-state index in [1.54, 1.807) is 0 Å². The first kappa shape index (κ1) is 11.9. The van der Waals surface area contributed by atoms with Gasteiger partial charge in [0.25, 0.3) is 0 Å². The predicted molar refractivity (Wildman–Crippen MR) is 66.5 cm³/mol. The van der Waals surface area contributed by atoms with Crippen molar-refractivity contribution in [3.63, 3.8) is 0 Å². The minimum atomic E-state index is 0.556. The van der Waals surface area contributed by atoms with E-state index in [9.17, 15) is 0 Å². The Labute approximate surface area is 101 Å². The van der Waals surface area contributed by atoms with Crippen molar-refractivity contribution in [3.05, 3.63) is 35.2 Å². The van der Waals surface area contributed by atoms with E-state index < -0.39 is 0 Å². The highest BCUT2D eigenvalue weighted by Gasteiger charge is 2.10. The van der Waals surface area contributed by atoms with E-state index in [4.69, 9.17) is 5.73 Å². The van der Waals surface area contributed by atoms with Crippen molar-refractivity contribution in [2.24, 2.45) is 12.8 Å². The summed E-state index contributed by atoms with van der Waals surface area (Å²) in [5, 5.41) is 4.51. The molecule has 0 spiro atoms. The van der Waals surface area contributed by atoms with Crippen molar-refractivity contribution in [2.45, 2.75) is 33.4 Å². The molecule has 0 radical (unpaired) electrons. The van der Waals surface area contributed by atoms with Gasteiger partial charge in [-0.1, -0.05) is 0 Å². The molecule has 5 nitrogen and oxygen atoms in total. The van der Waals surface area contributed by atoms with Crippen LogP contribution in [0.3, 0.4) is 0 Å². The number of aromatic nitrogens is 4. The molecule has 2 aromatic heterocycles. The van der Waals surface area contributed by atoms with E-state index in [-0.39, 0.29) is 0 Å². The van der Waals surface area contributed by atoms with Crippen LogP contribution in [0.2, 0.25) is 0 Å². The molecule has 0 aliphatic heterocycles. The van der Waals surface area contributed by atoms with Gasteiger partial charge in [-0.3, -0.25) is 4.68 Å². The fourth-order valence-corrected chi connectivity index (χ4v) is 2.09. The van der Waals surface area contributed by atoms with Crippen LogP contribution in [0.15, 0.2) is 12.4 Å². The van der Waals surface area contributed by atoms with Crippen LogP contribution in [0.5, 0.6) is 0 Å². The Morgan fingerprint density at radius 2 is 2.12 bits per heavy atom. The Morgan fingerprint density at radius 1 is 1.35 bits per heavy atom. The average Bonchev–Trinajstić information content (AvgIpc) is 2.81. The molecule has 2 heterocycles. The molecule has 0 amide bonds. The molecular formula is C12H19N5. The highest BCUT2D eigenvalue weighted by Crippen LogP contribution is 2.12. The first-order valence-corrected chi connectivity index (χ1v) is 5.82. The predicted octanol–water partition coefficient (Wildman–Crippen LogP) is 0.935. The summed E-state index contributed by atoms with van der Waals surface area (Å²) in [6.07, 6.45) is 4.67. The lowest BCUT2D eigenvalue weighted by Gasteiger charge is -2.05. The molecular weight excluding hydrogens is 214 g/mol. The summed E-state index contributed by atoms with van der Waals surface area (Å²) in [5.41, 5.74) is 9.07. The second-order valence-corrected chi connectivity index (χ2v) is 4.28. The molecule has 92 valence electrons. The zero-order valence-electron chi connectivity index (χ0n) is 10.6. The molecule has 2 rings (SSSR count). The van der Waals surface area contributed by atoms with Crippen molar-refractivity contribution >= 4 is 0 Å². The number of aryl methyl sites for hydroxylation is 4. The van der Waals surface area contributed by atoms with Crippen molar-refractivity contribution in [1.82, 2.24) is 19.3 Å². The summed E-state index contributed by atoms with van der Waals surface area (Å²) in [6.45, 7) is 5.48. The Bertz CT molecular complexity index is 509. The molecule has 0 saturated carbocycles. The van der Waals surface area contributed by atoms with Crippen molar-refractivity contribution in [3.8, 4) is 0 Å². The summed E-state index contributed by atoms with van der Waals surface area (Å²) in [6, 6.07) is 0. The van der Waals surface area contributed by atoms with Crippen molar-refractivity contribution in [1.29, 1.82) is 0 Å². The third kappa shape index (κ3) is 2.24. The molecule has 0 bridgehead atoms. The summed E-state index contributed by atoms with van der Waals surface area (Å²) in [4.78, 5) is 4.31. The quantitative estimate of drug-likeness (QED) is 0.854. The van der Waals surface area contributed by atoms with Crippen molar-refractivity contribution < 1.29 is 0 Å². The number of imidazole rings is 1. The Morgan fingerprint density at radius 3 is 2.65 bits per heavy atom. The van der Waals surface area contributed by atoms with Crippen LogP contribution in [0.4, 0.5) is 0 Å². The first-order valence-electron chi connectivity index (χ1n) is 5.82. The minimum absolute atomic E-state index is 0.556. The number of nitrogens with zero attached hydrogens (tertiary/aromatic N) is 4. The molecule has 2 N–H and O–H groups in total. The fraction of sp³-hybridized carbons (Fsp3) is 0.500. The lowest BCUT2D eigenvalue weighted by molar-refractivity contribution is 0.572. The van der Waals surface area contributed by atoms with E-state index in [0.29, 0.717) is 6.54 Å². The number of nitrogens with two attached hydrogens (primary N) is 1. The lowest BCUT2D eigenvalue weighted by Crippen LogP contribution is -2.09. The first-order chi connectivity index (χ1) is 8.13. The third-order valence-electron chi connectivity index (χ3n) is 3.20. The second-order valence-electron chi connectivity index (χ2n) is 4.28. The van der Waals surface area contributed by atoms with Crippen LogP contribution in [0, 0.1) is 13.8 Å². The summed E-state index contributed by atoms with van der Waals surface area (Å²) >= 11 is 0. The fourth-order valence-electron chi connectivity index (χ4n) is 2.09. The summed E-state index contributed by atoms with van der Waals surface area (Å²) < 4.78 is 4.06. The van der Waals surface area contributed by atoms with Gasteiger partial charge in [0.15, 0.2) is 0 Å². The maximum Gasteiger partial charge on any atom is 0.110 e. The van der Waals surface area contributed by atoms with E-state index in [1.165, 1.54) is 5.69 Å². The molecule has 5 heteroatoms. The number of hydrogen-bond donors (Lipinski definition) is 1. The molecule has 17 heavy (non-hydrogen) atoms. The van der Waals surface area contributed by atoms with Gasteiger partial charge in [-0.2, -0.15) is 5.10 Å². The second kappa shape index (κ2) is 4.71. The maximum absolute atomic E-state index is 5.71. The highest BCUT2D eigenvalue weighted by atomic mass is 15.3. The van der Waals surface area contributed by atoms with Gasteiger partial charge in [0.2, 0.25) is 0 Å². The number of rotatable bonds is 4. The SMILES string of the molecule is Cc1nn(CCc2nccn2C)c(C)c1CN. The minimum Gasteiger partial charge on any atom is -0.338 e. The Balaban J connectivity index is 2.12. The topological polar surface area (TPSA) is 61.7 Å². The largest absolute Gasteiger partial charge is 0.338 e. The Kier molecular flexibility index (Phi) is 3.28. The molecule has 0 aliphatic carbocycles. The molecule has 0 aromatic carbocycles. The normalized spacial score (nSPS) is 11.1. The molecule has 0 unspecified atom stereocenters. The smallest absolute Gasteiger partial charge is 0.110 e. The van der Waals surface area contributed by atoms with Crippen LogP contribution in [-0.4, -0.2) is 19.3 Å². The van der Waals surface area contributed by atoms with Crippen LogP contribution in [0.25, 0.3) is 0 Å². The van der Waals surface area contributed by atoms with Gasteiger partial charge in [0.05, 0.1) is 5.69 Å². The maximum atomic E-state index is 5.71. The third-order valence-corrected chi connectivity index (χ3v) is 3.20. The van der Waals surface area contributed by atoms with Crippen LogP contribution >= 0.6 is 0 Å². The van der Waals surface area contributed by atoms with Gasteiger partial charge in [-0.15, -0.1) is 0 Å². The Hall–Kier alpha value is -1.62. The molecule has 2 aromatic rings. The number of hydrogen-bond acceptors (Lipinski definition) is 3. The average molecular weight is 233 g/mol. The summed E-state index contributed by atoms with van der Waals surface area (Å²) in [7, 11) is 2.01. The van der Waals surface area contributed by atoms with E-state index in [1.807, 2.05) is 35.6 Å². The zero-order chi connectivity index (χ0) is 12.4. The van der Waals surface area contributed by atoms with Gasteiger partial charge in [-0.25, -0.2) is 4.98 Å². The van der Waals surface area contributed by atoms with Gasteiger partial charge in [-0.05, 0) is 13.8 Å². The van der Waals surface area contributed by atoms with E-state index in [0.717, 1.165) is 30.0 Å². The van der Waals surface area contributed by atoms with E-state index in [2.05, 4.69) is 17.0 Å². The van der Waals surface area contributed by atoms with Gasteiger partial charge >= 0.3 is 0 Å². The zero-order valence-corrected chi connectivity index (χ0v) is 10.6. The monoisotopic (exact) mass is 233 g/mol. The van der Waals surface area contributed by atoms with Crippen LogP contribution < -0.4 is 5.73 Å². The lowest BCUT2D eigenvalue weighted by atomic mass is 10.2. The van der Waals surface area contributed by atoms with Gasteiger partial charge in [0.1, 0.15) is 5.82 Å². The van der Waals surface area contributed by atoms with Crippen LogP contribution in [-0.2, 0) is 26.6 Å². The molecule has 0 aliphatic rings. The molecule has 0 fully saturated rings. The van der Waals surface area contributed by atoms with Crippen molar-refractivity contribution in [2.75, 3.05) is 0 Å². The molecule has 0 atom stereocenters. The highest BCUT2D eigenvalue weighted by molar-refractivity contribution is 5.24. The van der Waals surface area contributed by atoms with Crippen LogP contribution in [0.1, 0.15) is 22.8 Å².